The fourth-order valence-corrected chi connectivity index (χ4v) is 4.12. The number of benzene rings is 2. The first kappa shape index (κ1) is 21.9. The quantitative estimate of drug-likeness (QED) is 0.433. The Hall–Kier alpha value is -3.96. The van der Waals surface area contributed by atoms with E-state index in [0.717, 1.165) is 24.0 Å². The predicted octanol–water partition coefficient (Wildman–Crippen LogP) is 4.03. The summed E-state index contributed by atoms with van der Waals surface area (Å²) in [5, 5.41) is 9.75. The smallest absolute Gasteiger partial charge is 0.245 e. The Morgan fingerprint density at radius 3 is 2.76 bits per heavy atom. The molecule has 2 aromatic heterocycles. The van der Waals surface area contributed by atoms with E-state index in [0.29, 0.717) is 45.6 Å². The van der Waals surface area contributed by atoms with E-state index >= 15 is 0 Å². The van der Waals surface area contributed by atoms with E-state index in [1.807, 2.05) is 35.8 Å². The molecule has 0 atom stereocenters. The number of hydrogen-bond acceptors (Lipinski definition) is 6. The molecule has 0 saturated heterocycles. The van der Waals surface area contributed by atoms with Crippen molar-refractivity contribution in [1.29, 1.82) is 5.26 Å². The molecule has 8 nitrogen and oxygen atoms in total. The van der Waals surface area contributed by atoms with Crippen molar-refractivity contribution in [3.05, 3.63) is 70.5 Å². The molecule has 0 aliphatic heterocycles. The average molecular weight is 473 g/mol. The van der Waals surface area contributed by atoms with Crippen LogP contribution < -0.4 is 10.5 Å². The highest BCUT2D eigenvalue weighted by Crippen LogP contribution is 2.41. The zero-order valence-corrected chi connectivity index (χ0v) is 19.2. The monoisotopic (exact) mass is 472 g/mol. The first-order chi connectivity index (χ1) is 16.3. The molecule has 2 N–H and O–H groups in total. The number of rotatable bonds is 7. The number of fused-ring (bicyclic) bond motifs is 1. The van der Waals surface area contributed by atoms with E-state index in [9.17, 15) is 10.1 Å². The van der Waals surface area contributed by atoms with Crippen molar-refractivity contribution in [2.75, 3.05) is 0 Å². The summed E-state index contributed by atoms with van der Waals surface area (Å²) in [7, 11) is 0. The van der Waals surface area contributed by atoms with Crippen molar-refractivity contribution in [3.8, 4) is 23.3 Å². The number of hydrogen-bond donors (Lipinski definition) is 1. The van der Waals surface area contributed by atoms with E-state index in [2.05, 4.69) is 16.0 Å². The summed E-state index contributed by atoms with van der Waals surface area (Å²) in [4.78, 5) is 25.0. The summed E-state index contributed by atoms with van der Waals surface area (Å²) in [6.07, 6.45) is 3.48. The van der Waals surface area contributed by atoms with Crippen LogP contribution >= 0.6 is 11.6 Å². The number of carbonyl (C=O) groups is 1. The van der Waals surface area contributed by atoms with E-state index in [4.69, 9.17) is 27.1 Å². The Bertz CT molecular complexity index is 1470. The molecule has 2 heterocycles. The van der Waals surface area contributed by atoms with Crippen molar-refractivity contribution in [2.45, 2.75) is 38.3 Å². The number of aromatic nitrogens is 4. The van der Waals surface area contributed by atoms with Gasteiger partial charge in [-0.05, 0) is 55.2 Å². The van der Waals surface area contributed by atoms with Gasteiger partial charge < -0.3 is 15.0 Å². The van der Waals surface area contributed by atoms with Gasteiger partial charge >= 0.3 is 0 Å². The summed E-state index contributed by atoms with van der Waals surface area (Å²) in [6.45, 7) is 2.45. The molecule has 1 amide bonds. The molecule has 2 aromatic carbocycles. The van der Waals surface area contributed by atoms with Crippen molar-refractivity contribution in [1.82, 2.24) is 19.5 Å². The minimum absolute atomic E-state index is 0.0966. The van der Waals surface area contributed by atoms with Gasteiger partial charge in [-0.3, -0.25) is 4.79 Å². The fourth-order valence-electron chi connectivity index (χ4n) is 3.83. The summed E-state index contributed by atoms with van der Waals surface area (Å²) in [5.41, 5.74) is 9.11. The second kappa shape index (κ2) is 8.43. The largest absolute Gasteiger partial charge is 0.470 e. The van der Waals surface area contributed by atoms with Crippen LogP contribution in [0.2, 0.25) is 5.02 Å². The zero-order chi connectivity index (χ0) is 23.9. The molecule has 5 rings (SSSR count). The minimum Gasteiger partial charge on any atom is -0.470 e. The third kappa shape index (κ3) is 4.30. The molecule has 170 valence electrons. The lowest BCUT2D eigenvalue weighted by atomic mass is 10.1. The molecule has 0 bridgehead atoms. The summed E-state index contributed by atoms with van der Waals surface area (Å²) >= 11 is 6.64. The van der Waals surface area contributed by atoms with E-state index in [1.165, 1.54) is 6.33 Å². The normalized spacial score (nSPS) is 14.0. The van der Waals surface area contributed by atoms with Crippen molar-refractivity contribution >= 4 is 28.7 Å². The fraction of sp³-hybridized carbons (Fsp3) is 0.240. The Balaban J connectivity index is 1.66. The van der Waals surface area contributed by atoms with Gasteiger partial charge in [-0.2, -0.15) is 10.2 Å². The number of nitrogens with two attached hydrogens (primary N) is 1. The molecule has 0 spiro atoms. The number of nitriles is 1. The van der Waals surface area contributed by atoms with Crippen molar-refractivity contribution in [2.24, 2.45) is 5.73 Å². The molecule has 1 aliphatic carbocycles. The van der Waals surface area contributed by atoms with Crippen LogP contribution in [0.5, 0.6) is 5.88 Å². The molecule has 0 radical (unpaired) electrons. The van der Waals surface area contributed by atoms with Gasteiger partial charge in [0, 0.05) is 5.56 Å². The summed E-state index contributed by atoms with van der Waals surface area (Å²) in [6, 6.07) is 14.9. The Morgan fingerprint density at radius 2 is 2.06 bits per heavy atom. The summed E-state index contributed by atoms with van der Waals surface area (Å²) in [5.74, 6) is 0.579. The van der Waals surface area contributed by atoms with E-state index in [1.54, 1.807) is 18.2 Å². The maximum Gasteiger partial charge on any atom is 0.245 e. The van der Waals surface area contributed by atoms with Crippen molar-refractivity contribution in [3.63, 3.8) is 0 Å². The van der Waals surface area contributed by atoms with Crippen LogP contribution in [0.4, 0.5) is 0 Å². The molecular weight excluding hydrogens is 452 g/mol. The van der Waals surface area contributed by atoms with Crippen molar-refractivity contribution < 1.29 is 9.53 Å². The van der Waals surface area contributed by atoms with Gasteiger partial charge in [-0.25, -0.2) is 9.97 Å². The molecule has 1 saturated carbocycles. The first-order valence-electron chi connectivity index (χ1n) is 10.8. The second-order valence-corrected chi connectivity index (χ2v) is 9.10. The zero-order valence-electron chi connectivity index (χ0n) is 18.5. The van der Waals surface area contributed by atoms with Crippen LogP contribution in [0.3, 0.4) is 0 Å². The number of carbonyl (C=O) groups excluding carboxylic acids is 1. The van der Waals surface area contributed by atoms with Crippen LogP contribution in [0.25, 0.3) is 22.6 Å². The number of ether oxygens (including phenoxy) is 1. The maximum absolute atomic E-state index is 11.3. The number of nitrogens with zero attached hydrogens (tertiary/aromatic N) is 5. The lowest BCUT2D eigenvalue weighted by Gasteiger charge is -2.12. The number of amides is 1. The van der Waals surface area contributed by atoms with Gasteiger partial charge in [0.1, 0.15) is 17.8 Å². The van der Waals surface area contributed by atoms with Gasteiger partial charge in [0.2, 0.25) is 11.8 Å². The number of primary amides is 1. The third-order valence-corrected chi connectivity index (χ3v) is 6.16. The maximum atomic E-state index is 11.3. The van der Waals surface area contributed by atoms with Gasteiger partial charge in [0.05, 0.1) is 29.6 Å². The highest BCUT2D eigenvalue weighted by molar-refractivity contribution is 6.33. The molecule has 4 aromatic rings. The summed E-state index contributed by atoms with van der Waals surface area (Å²) < 4.78 is 8.09. The Labute approximate surface area is 201 Å². The van der Waals surface area contributed by atoms with E-state index < -0.39 is 5.91 Å². The molecule has 1 fully saturated rings. The lowest BCUT2D eigenvalue weighted by molar-refractivity contribution is -0.117. The molecule has 0 unspecified atom stereocenters. The van der Waals surface area contributed by atoms with Gasteiger partial charge in [-0.1, -0.05) is 29.8 Å². The van der Waals surface area contributed by atoms with E-state index in [-0.39, 0.29) is 12.0 Å². The number of imidazole rings is 1. The van der Waals surface area contributed by atoms with Gasteiger partial charge in [0.25, 0.3) is 0 Å². The standard InChI is InChI=1S/C25H21ClN6O2/c1-25(7-8-25)34-24-21-23(29-14-30-24)32(13-17-4-2-3-16(9-17)12-27)22(31-21)18-6-5-15(10-19(18)26)11-20(28)33/h2-6,9-10,14H,7-8,11,13H2,1H3,(H2,28,33). The highest BCUT2D eigenvalue weighted by Gasteiger charge is 2.41. The topological polar surface area (TPSA) is 120 Å². The van der Waals surface area contributed by atoms with Crippen LogP contribution in [-0.2, 0) is 17.8 Å². The molecule has 9 heteroatoms. The third-order valence-electron chi connectivity index (χ3n) is 5.85. The Kier molecular flexibility index (Phi) is 5.42. The van der Waals surface area contributed by atoms with Crippen LogP contribution in [-0.4, -0.2) is 31.0 Å². The minimum atomic E-state index is -0.431. The first-order valence-corrected chi connectivity index (χ1v) is 11.2. The highest BCUT2D eigenvalue weighted by atomic mass is 35.5. The average Bonchev–Trinajstić information content (AvgIpc) is 3.42. The molecule has 1 aliphatic rings. The predicted molar refractivity (Wildman–Crippen MR) is 127 cm³/mol. The SMILES string of the molecule is CC1(Oc2ncnc3c2nc(-c2ccc(CC(N)=O)cc2Cl)n3Cc2cccc(C#N)c2)CC1. The second-order valence-electron chi connectivity index (χ2n) is 8.69. The van der Waals surface area contributed by atoms with Crippen LogP contribution in [0, 0.1) is 11.3 Å². The van der Waals surface area contributed by atoms with Crippen LogP contribution in [0.1, 0.15) is 36.5 Å². The lowest BCUT2D eigenvalue weighted by Crippen LogP contribution is -2.13. The van der Waals surface area contributed by atoms with Gasteiger partial charge in [-0.15, -0.1) is 0 Å². The Morgan fingerprint density at radius 1 is 1.24 bits per heavy atom. The van der Waals surface area contributed by atoms with Crippen LogP contribution in [0.15, 0.2) is 48.8 Å². The molecular formula is C25H21ClN6O2. The molecule has 34 heavy (non-hydrogen) atoms. The number of halogens is 1. The van der Waals surface area contributed by atoms with Gasteiger partial charge in [0.15, 0.2) is 11.2 Å².